The molecular weight excluding hydrogens is 828 g/mol. The van der Waals surface area contributed by atoms with E-state index in [1.165, 1.54) is 11.5 Å². The van der Waals surface area contributed by atoms with Crippen LogP contribution in [0.4, 0.5) is 0 Å². The summed E-state index contributed by atoms with van der Waals surface area (Å²) in [5.74, 6) is 1.49. The summed E-state index contributed by atoms with van der Waals surface area (Å²) in [5, 5.41) is 16.7. The van der Waals surface area contributed by atoms with E-state index in [1.807, 2.05) is 73.3 Å². The first-order chi connectivity index (χ1) is 30.2. The maximum absolute atomic E-state index is 13.0. The van der Waals surface area contributed by atoms with Crippen LogP contribution in [0.1, 0.15) is 43.5 Å². The van der Waals surface area contributed by atoms with Crippen LogP contribution in [-0.4, -0.2) is 110 Å². The lowest BCUT2D eigenvalue weighted by atomic mass is 9.88. The highest BCUT2D eigenvalue weighted by Crippen LogP contribution is 2.46. The molecular formula is C46H49ClN8O6S. The quantitative estimate of drug-likeness (QED) is 0.0945. The second-order valence-corrected chi connectivity index (χ2v) is 16.4. The molecule has 6 aromatic rings. The lowest BCUT2D eigenvalue weighted by Gasteiger charge is -2.32. The molecule has 0 radical (unpaired) electrons. The van der Waals surface area contributed by atoms with Crippen molar-refractivity contribution in [1.29, 1.82) is 0 Å². The van der Waals surface area contributed by atoms with Crippen LogP contribution in [0.3, 0.4) is 0 Å². The Balaban J connectivity index is 1.07. The number of hydrogen-bond acceptors (Lipinski definition) is 13. The predicted octanol–water partition coefficient (Wildman–Crippen LogP) is 7.98. The monoisotopic (exact) mass is 876 g/mol. The van der Waals surface area contributed by atoms with Crippen molar-refractivity contribution >= 4 is 44.8 Å². The molecule has 0 unspecified atom stereocenters. The van der Waals surface area contributed by atoms with Gasteiger partial charge in [-0.05, 0) is 85.9 Å². The fourth-order valence-electron chi connectivity index (χ4n) is 7.75. The third-order valence-corrected chi connectivity index (χ3v) is 12.5. The molecule has 4 aromatic heterocycles. The molecule has 1 atom stereocenters. The fraction of sp³-hybridized carbons (Fsp3) is 0.348. The number of benzene rings is 2. The summed E-state index contributed by atoms with van der Waals surface area (Å²) < 4.78 is 31.9. The van der Waals surface area contributed by atoms with Gasteiger partial charge in [0.05, 0.1) is 39.2 Å². The van der Waals surface area contributed by atoms with Gasteiger partial charge in [0.25, 0.3) is 0 Å². The van der Waals surface area contributed by atoms with Gasteiger partial charge in [-0.2, -0.15) is 9.47 Å². The first-order valence-corrected chi connectivity index (χ1v) is 21.9. The normalized spacial score (nSPS) is 15.6. The van der Waals surface area contributed by atoms with Gasteiger partial charge in [0.2, 0.25) is 12.0 Å². The van der Waals surface area contributed by atoms with E-state index < -0.39 is 12.1 Å². The van der Waals surface area contributed by atoms with E-state index in [4.69, 9.17) is 50.0 Å². The van der Waals surface area contributed by atoms with Gasteiger partial charge < -0.3 is 29.0 Å². The molecule has 16 heteroatoms. The van der Waals surface area contributed by atoms with Crippen LogP contribution in [0.5, 0.6) is 17.4 Å². The Bertz CT molecular complexity index is 2620. The van der Waals surface area contributed by atoms with E-state index in [0.29, 0.717) is 76.4 Å². The highest BCUT2D eigenvalue weighted by atomic mass is 35.5. The van der Waals surface area contributed by atoms with Crippen molar-refractivity contribution in [2.45, 2.75) is 52.4 Å². The number of nitrogens with zero attached hydrogens (tertiary/aromatic N) is 8. The number of hydrogen-bond donors (Lipinski definition) is 1. The predicted molar refractivity (Wildman–Crippen MR) is 239 cm³/mol. The lowest BCUT2D eigenvalue weighted by molar-refractivity contribution is -0.145. The molecule has 0 amide bonds. The Kier molecular flexibility index (Phi) is 13.4. The summed E-state index contributed by atoms with van der Waals surface area (Å²) >= 11 is 8.35. The molecule has 14 nitrogen and oxygen atoms in total. The molecule has 1 N–H and O–H groups in total. The number of para-hydroxylation sites is 2. The molecule has 2 aliphatic rings. The average molecular weight is 877 g/mol. The zero-order valence-electron chi connectivity index (χ0n) is 35.2. The molecule has 1 aliphatic carbocycles. The number of allylic oxidation sites excluding steroid dienone is 4. The Morgan fingerprint density at radius 1 is 0.984 bits per heavy atom. The SMILES string of the molecule is CCn1ccc(-c2ncc3snc(O[C@H](Cc4ccccc4OCc4ccnc(-c5ccccc5OC)n4)C(=O)O)c3c2C2=C(C)C(Cl)=C(OCCN3CCN(C)CC3)CC2)n1. The number of aromatic nitrogens is 6. The Hall–Kier alpha value is -5.87. The van der Waals surface area contributed by atoms with Crippen molar-refractivity contribution in [1.82, 2.24) is 38.9 Å². The van der Waals surface area contributed by atoms with Gasteiger partial charge in [0.1, 0.15) is 36.2 Å². The van der Waals surface area contributed by atoms with Crippen molar-refractivity contribution < 1.29 is 28.8 Å². The number of halogens is 1. The van der Waals surface area contributed by atoms with E-state index in [2.05, 4.69) is 21.8 Å². The van der Waals surface area contributed by atoms with Gasteiger partial charge in [-0.15, -0.1) is 0 Å². The van der Waals surface area contributed by atoms with Crippen molar-refractivity contribution in [3.05, 3.63) is 112 Å². The first kappa shape index (κ1) is 42.8. The number of ether oxygens (including phenoxy) is 4. The minimum absolute atomic E-state index is 0.0000624. The zero-order chi connectivity index (χ0) is 43.2. The highest BCUT2D eigenvalue weighted by molar-refractivity contribution is 7.13. The number of carboxylic acids is 1. The van der Waals surface area contributed by atoms with Crippen molar-refractivity contribution in [3.63, 3.8) is 0 Å². The number of aliphatic carboxylic acids is 1. The van der Waals surface area contributed by atoms with Crippen LogP contribution in [0, 0.1) is 0 Å². The molecule has 0 saturated carbocycles. The number of fused-ring (bicyclic) bond motifs is 1. The number of rotatable bonds is 17. The van der Waals surface area contributed by atoms with Crippen molar-refractivity contribution in [2.24, 2.45) is 0 Å². The van der Waals surface area contributed by atoms with Gasteiger partial charge in [-0.25, -0.2) is 14.8 Å². The smallest absolute Gasteiger partial charge is 0.345 e. The van der Waals surface area contributed by atoms with E-state index in [0.717, 1.165) is 65.5 Å². The number of carbonyl (C=O) groups is 1. The topological polar surface area (TPSA) is 150 Å². The number of aryl methyl sites for hydroxylation is 1. The van der Waals surface area contributed by atoms with Crippen LogP contribution in [0.2, 0.25) is 0 Å². The average Bonchev–Trinajstić information content (AvgIpc) is 3.95. The Morgan fingerprint density at radius 2 is 1.77 bits per heavy atom. The second-order valence-electron chi connectivity index (χ2n) is 15.2. The molecule has 62 heavy (non-hydrogen) atoms. The molecule has 322 valence electrons. The van der Waals surface area contributed by atoms with Crippen LogP contribution in [0.25, 0.3) is 38.4 Å². The molecule has 0 bridgehead atoms. The van der Waals surface area contributed by atoms with E-state index in [-0.39, 0.29) is 18.9 Å². The summed E-state index contributed by atoms with van der Waals surface area (Å²) in [6.45, 7) is 10.3. The molecule has 2 aromatic carbocycles. The largest absolute Gasteiger partial charge is 0.496 e. The van der Waals surface area contributed by atoms with E-state index in [9.17, 15) is 9.90 Å². The summed E-state index contributed by atoms with van der Waals surface area (Å²) in [5.41, 5.74) is 5.94. The van der Waals surface area contributed by atoms with Gasteiger partial charge >= 0.3 is 5.97 Å². The van der Waals surface area contributed by atoms with E-state index >= 15 is 0 Å². The Morgan fingerprint density at radius 3 is 2.55 bits per heavy atom. The fourth-order valence-corrected chi connectivity index (χ4v) is 8.71. The van der Waals surface area contributed by atoms with Crippen molar-refractivity contribution in [2.75, 3.05) is 53.5 Å². The number of methoxy groups -OCH3 is 1. The molecule has 1 aliphatic heterocycles. The standard InChI is InChI=1S/C46H49ClN8O6S/c1-5-55-19-17-34(51-55)43-40(32-14-15-37(42(47)29(32)2)59-25-24-54-22-20-53(3)21-23-54)41-39(27-49-43)62-52-45(41)61-38(46(56)57)26-30-10-6-8-12-35(30)60-28-31-16-18-48-44(50-31)33-11-7-9-13-36(33)58-4/h6-13,16-19,27,38H,5,14-15,20-26,28H2,1-4H3,(H,56,57)/t38-/m1/s1. The minimum atomic E-state index is -1.31. The number of pyridine rings is 1. The van der Waals surface area contributed by atoms with Crippen LogP contribution in [-0.2, 0) is 29.1 Å². The Labute approximate surface area is 369 Å². The maximum Gasteiger partial charge on any atom is 0.345 e. The molecule has 1 fully saturated rings. The first-order valence-electron chi connectivity index (χ1n) is 20.7. The molecule has 0 spiro atoms. The molecule has 1 saturated heterocycles. The number of carboxylic acid groups (broad SMARTS) is 1. The highest BCUT2D eigenvalue weighted by Gasteiger charge is 2.30. The van der Waals surface area contributed by atoms with Gasteiger partial charge in [-0.1, -0.05) is 41.9 Å². The van der Waals surface area contributed by atoms with Crippen LogP contribution in [0.15, 0.2) is 95.6 Å². The summed E-state index contributed by atoms with van der Waals surface area (Å²) in [4.78, 5) is 31.9. The van der Waals surface area contributed by atoms with Crippen LogP contribution >= 0.6 is 23.1 Å². The molecule has 8 rings (SSSR count). The summed E-state index contributed by atoms with van der Waals surface area (Å²) in [6, 6.07) is 18.6. The number of piperazine rings is 1. The minimum Gasteiger partial charge on any atom is -0.496 e. The third kappa shape index (κ3) is 9.45. The van der Waals surface area contributed by atoms with Crippen molar-refractivity contribution in [3.8, 4) is 40.2 Å². The van der Waals surface area contributed by atoms with E-state index in [1.54, 1.807) is 31.6 Å². The lowest BCUT2D eigenvalue weighted by Crippen LogP contribution is -2.45. The van der Waals surface area contributed by atoms with Gasteiger partial charge in [-0.3, -0.25) is 14.6 Å². The maximum atomic E-state index is 13.0. The zero-order valence-corrected chi connectivity index (χ0v) is 36.8. The van der Waals surface area contributed by atoms with Gasteiger partial charge in [0.15, 0.2) is 5.82 Å². The molecule has 5 heterocycles. The third-order valence-electron chi connectivity index (χ3n) is 11.2. The second kappa shape index (κ2) is 19.5. The van der Waals surface area contributed by atoms with Gasteiger partial charge in [0, 0.05) is 76.3 Å². The summed E-state index contributed by atoms with van der Waals surface area (Å²) in [7, 11) is 3.76. The number of likely N-dealkylation sites (N-methyl/N-ethyl adjacent to an activating group) is 1. The van der Waals surface area contributed by atoms with Crippen LogP contribution < -0.4 is 14.2 Å². The summed E-state index contributed by atoms with van der Waals surface area (Å²) in [6.07, 6.45) is 5.23.